The Hall–Kier alpha value is -0.0431. The molecule has 1 heteroatoms. The molecule has 6 heavy (non-hydrogen) atoms. The zero-order valence-corrected chi connectivity index (χ0v) is 5.71. The van der Waals surface area contributed by atoms with Gasteiger partial charge in [0, 0.05) is 0 Å². The van der Waals surface area contributed by atoms with Gasteiger partial charge < -0.3 is 0 Å². The monoisotopic (exact) mass is 99.1 g/mol. The van der Waals surface area contributed by atoms with Crippen molar-refractivity contribution in [1.29, 1.82) is 0 Å². The minimum absolute atomic E-state index is 0.992. The molecule has 1 radical (unpaired) electrons. The van der Waals surface area contributed by atoms with Crippen molar-refractivity contribution >= 4 is 8.07 Å². The van der Waals surface area contributed by atoms with Crippen LogP contribution in [0.1, 0.15) is 0 Å². The van der Waals surface area contributed by atoms with Crippen LogP contribution in [-0.2, 0) is 0 Å². The van der Waals surface area contributed by atoms with Crippen molar-refractivity contribution in [3.63, 3.8) is 0 Å². The first kappa shape index (κ1) is 5.96. The van der Waals surface area contributed by atoms with Crippen molar-refractivity contribution in [2.24, 2.45) is 0 Å². The van der Waals surface area contributed by atoms with E-state index in [1.165, 1.54) is 0 Å². The van der Waals surface area contributed by atoms with E-state index in [0.717, 1.165) is 0 Å². The largest absolute Gasteiger partial charge is 0.0999 e. The average molecular weight is 99.2 g/mol. The maximum Gasteiger partial charge on any atom is 0.0766 e. The summed E-state index contributed by atoms with van der Waals surface area (Å²) in [5.74, 6) is 0. The Morgan fingerprint density at radius 2 is 1.50 bits per heavy atom. The summed E-state index contributed by atoms with van der Waals surface area (Å²) in [5, 5.41) is 0. The molecule has 0 rings (SSSR count). The first-order valence-electron chi connectivity index (χ1n) is 2.10. The molecule has 0 N–H and O–H groups in total. The molecule has 0 aliphatic carbocycles. The van der Waals surface area contributed by atoms with Crippen LogP contribution in [0.15, 0.2) is 6.58 Å². The van der Waals surface area contributed by atoms with E-state index in [0.29, 0.717) is 0 Å². The Morgan fingerprint density at radius 1 is 1.33 bits per heavy atom. The summed E-state index contributed by atoms with van der Waals surface area (Å²) < 4.78 is 0. The summed E-state index contributed by atoms with van der Waals surface area (Å²) in [4.78, 5) is 0. The van der Waals surface area contributed by atoms with Gasteiger partial charge in [-0.15, -0.1) is 0 Å². The van der Waals surface area contributed by atoms with E-state index in [1.807, 2.05) is 0 Å². The van der Waals surface area contributed by atoms with E-state index < -0.39 is 8.07 Å². The standard InChI is InChI=1S/C5H11Si/c1-5-6(2,3)4/h1H2,2-4H3. The lowest BCUT2D eigenvalue weighted by Crippen LogP contribution is -2.15. The summed E-state index contributed by atoms with van der Waals surface area (Å²) in [6.45, 7) is 10.2. The first-order chi connectivity index (χ1) is 2.56. The van der Waals surface area contributed by atoms with E-state index in [-0.39, 0.29) is 0 Å². The van der Waals surface area contributed by atoms with Crippen molar-refractivity contribution in [2.75, 3.05) is 0 Å². The van der Waals surface area contributed by atoms with Gasteiger partial charge in [0.05, 0.1) is 8.07 Å². The second-order valence-corrected chi connectivity index (χ2v) is 7.28. The van der Waals surface area contributed by atoms with Gasteiger partial charge in [-0.1, -0.05) is 31.9 Å². The van der Waals surface area contributed by atoms with Crippen LogP contribution in [0.2, 0.25) is 19.6 Å². The molecule has 0 unspecified atom stereocenters. The van der Waals surface area contributed by atoms with Crippen LogP contribution in [-0.4, -0.2) is 8.07 Å². The molecular formula is C5H11Si. The van der Waals surface area contributed by atoms with Gasteiger partial charge in [-0.3, -0.25) is 0 Å². The van der Waals surface area contributed by atoms with E-state index in [9.17, 15) is 0 Å². The predicted molar refractivity (Wildman–Crippen MR) is 32.2 cm³/mol. The first-order valence-corrected chi connectivity index (χ1v) is 5.60. The highest BCUT2D eigenvalue weighted by atomic mass is 28.3. The van der Waals surface area contributed by atoms with Crippen molar-refractivity contribution in [1.82, 2.24) is 0 Å². The molecule has 0 bridgehead atoms. The maximum atomic E-state index is 3.57. The van der Waals surface area contributed by atoms with Crippen LogP contribution in [0.25, 0.3) is 0 Å². The van der Waals surface area contributed by atoms with E-state index in [1.54, 1.807) is 0 Å². The van der Waals surface area contributed by atoms with Crippen LogP contribution in [0.4, 0.5) is 0 Å². The van der Waals surface area contributed by atoms with Gasteiger partial charge in [-0.25, -0.2) is 0 Å². The Kier molecular flexibility index (Phi) is 1.59. The van der Waals surface area contributed by atoms with Gasteiger partial charge >= 0.3 is 0 Å². The molecule has 0 nitrogen and oxygen atoms in total. The number of hydrogen-bond donors (Lipinski definition) is 0. The molecular weight excluding hydrogens is 88.1 g/mol. The van der Waals surface area contributed by atoms with Gasteiger partial charge in [0.15, 0.2) is 0 Å². The van der Waals surface area contributed by atoms with E-state index in [4.69, 9.17) is 0 Å². The summed E-state index contributed by atoms with van der Waals surface area (Å²) in [6, 6.07) is 0. The molecule has 0 amide bonds. The molecule has 0 saturated carbocycles. The Balaban J connectivity index is 3.45. The second kappa shape index (κ2) is 1.60. The number of hydrogen-bond acceptors (Lipinski definition) is 0. The third kappa shape index (κ3) is 3.96. The van der Waals surface area contributed by atoms with Crippen molar-refractivity contribution < 1.29 is 0 Å². The highest BCUT2D eigenvalue weighted by Crippen LogP contribution is 1.96. The highest BCUT2D eigenvalue weighted by Gasteiger charge is 2.04. The average Bonchev–Trinajstić information content (AvgIpc) is 1.35. The Morgan fingerprint density at radius 3 is 1.50 bits per heavy atom. The summed E-state index contributed by atoms with van der Waals surface area (Å²) in [6.07, 6.45) is 0. The fourth-order valence-corrected chi connectivity index (χ4v) is 0. The summed E-state index contributed by atoms with van der Waals surface area (Å²) in [7, 11) is -0.992. The van der Waals surface area contributed by atoms with Crippen LogP contribution >= 0.6 is 0 Å². The Labute approximate surface area is 40.9 Å². The Bertz CT molecular complexity index is 49.4. The van der Waals surface area contributed by atoms with Crippen LogP contribution < -0.4 is 0 Å². The third-order valence-corrected chi connectivity index (χ3v) is 1.59. The van der Waals surface area contributed by atoms with Gasteiger partial charge in [0.25, 0.3) is 0 Å². The molecule has 0 aliphatic heterocycles. The van der Waals surface area contributed by atoms with E-state index >= 15 is 0 Å². The minimum Gasteiger partial charge on any atom is -0.0999 e. The third-order valence-electron chi connectivity index (χ3n) is 0.530. The summed E-state index contributed by atoms with van der Waals surface area (Å²) >= 11 is 0. The van der Waals surface area contributed by atoms with Gasteiger partial charge in [0.2, 0.25) is 0 Å². The molecule has 0 spiro atoms. The number of rotatable bonds is 1. The van der Waals surface area contributed by atoms with Gasteiger partial charge in [-0.05, 0) is 0 Å². The lowest BCUT2D eigenvalue weighted by molar-refractivity contribution is 1.75. The molecule has 0 aliphatic rings. The van der Waals surface area contributed by atoms with Crippen LogP contribution in [0.5, 0.6) is 0 Å². The van der Waals surface area contributed by atoms with Crippen molar-refractivity contribution in [2.45, 2.75) is 19.6 Å². The molecule has 35 valence electrons. The summed E-state index contributed by atoms with van der Waals surface area (Å²) in [5.41, 5.74) is 2.99. The molecule has 0 aromatic heterocycles. The molecule has 0 saturated heterocycles. The minimum atomic E-state index is -0.992. The van der Waals surface area contributed by atoms with Gasteiger partial charge in [0.1, 0.15) is 0 Å². The molecule has 0 aromatic rings. The topological polar surface area (TPSA) is 0 Å². The SMILES string of the molecule is C=[C][Si](C)(C)C. The molecule has 0 atom stereocenters. The van der Waals surface area contributed by atoms with Crippen molar-refractivity contribution in [3.8, 4) is 0 Å². The van der Waals surface area contributed by atoms with Crippen LogP contribution in [0.3, 0.4) is 0 Å². The van der Waals surface area contributed by atoms with E-state index in [2.05, 4.69) is 31.9 Å². The molecule has 0 aromatic carbocycles. The molecule has 0 fully saturated rings. The zero-order valence-electron chi connectivity index (χ0n) is 4.71. The smallest absolute Gasteiger partial charge is 0.0766 e. The fraction of sp³-hybridized carbons (Fsp3) is 0.600. The second-order valence-electron chi connectivity index (χ2n) is 2.43. The predicted octanol–water partition coefficient (Wildman–Crippen LogP) is 1.85. The fourth-order valence-electron chi connectivity index (χ4n) is 0. The quantitative estimate of drug-likeness (QED) is 0.440. The van der Waals surface area contributed by atoms with Crippen LogP contribution in [0, 0.1) is 5.70 Å². The highest BCUT2D eigenvalue weighted by molar-refractivity contribution is 6.78. The van der Waals surface area contributed by atoms with Gasteiger partial charge in [-0.2, -0.15) is 0 Å². The lowest BCUT2D eigenvalue weighted by atomic mass is 11.3. The lowest BCUT2D eigenvalue weighted by Gasteiger charge is -2.03. The molecule has 0 heterocycles. The van der Waals surface area contributed by atoms with Crippen molar-refractivity contribution in [3.05, 3.63) is 12.3 Å². The maximum absolute atomic E-state index is 3.57. The normalized spacial score (nSPS) is 11.2. The zero-order chi connectivity index (χ0) is 5.21.